The number of benzene rings is 1. The van der Waals surface area contributed by atoms with Crippen molar-refractivity contribution in [1.29, 1.82) is 0 Å². The van der Waals surface area contributed by atoms with E-state index < -0.39 is 22.6 Å². The zero-order valence-corrected chi connectivity index (χ0v) is 12.5. The van der Waals surface area contributed by atoms with Gasteiger partial charge < -0.3 is 14.6 Å². The van der Waals surface area contributed by atoms with Crippen molar-refractivity contribution < 1.29 is 28.6 Å². The number of rotatable bonds is 5. The van der Waals surface area contributed by atoms with Crippen molar-refractivity contribution in [1.82, 2.24) is 0 Å². The average Bonchev–Trinajstić information content (AvgIpc) is 2.46. The molecule has 0 aromatic heterocycles. The first kappa shape index (κ1) is 16.6. The lowest BCUT2D eigenvalue weighted by Gasteiger charge is -2.22. The molecule has 0 fully saturated rings. The number of halogens is 2. The summed E-state index contributed by atoms with van der Waals surface area (Å²) in [5.41, 5.74) is 0.365. The zero-order valence-electron chi connectivity index (χ0n) is 10.9. The van der Waals surface area contributed by atoms with Gasteiger partial charge in [-0.05, 0) is 40.5 Å². The molecule has 0 aliphatic heterocycles. The molecule has 0 saturated carbocycles. The molecule has 0 radical (unpaired) electrons. The van der Waals surface area contributed by atoms with E-state index in [1.807, 2.05) is 0 Å². The molecule has 110 valence electrons. The standard InChI is InChI=1S/C13H14BrFO5/c1-3-20-12(18)13(14,15)10(16)8-4-6-9(7-5-8)11(17)19-2/h4-7,10,16H,3H2,1-2H3/t10-,13-/m1/s1. The Kier molecular flexibility index (Phi) is 5.64. The van der Waals surface area contributed by atoms with Crippen LogP contribution >= 0.6 is 15.9 Å². The van der Waals surface area contributed by atoms with Crippen molar-refractivity contribution in [3.8, 4) is 0 Å². The number of ether oxygens (including phenoxy) is 2. The van der Waals surface area contributed by atoms with Crippen molar-refractivity contribution in [2.24, 2.45) is 0 Å². The Labute approximate surface area is 123 Å². The molecule has 5 nitrogen and oxygen atoms in total. The van der Waals surface area contributed by atoms with Gasteiger partial charge in [-0.25, -0.2) is 14.0 Å². The first-order valence-corrected chi connectivity index (χ1v) is 6.55. The molecule has 0 heterocycles. The predicted octanol–water partition coefficient (Wildman–Crippen LogP) is 2.13. The largest absolute Gasteiger partial charge is 0.465 e. The van der Waals surface area contributed by atoms with Crippen LogP contribution in [-0.4, -0.2) is 35.3 Å². The molecule has 0 aliphatic rings. The number of carbonyl (C=O) groups excluding carboxylic acids is 2. The molecule has 1 aromatic rings. The van der Waals surface area contributed by atoms with Crippen LogP contribution in [0.15, 0.2) is 24.3 Å². The lowest BCUT2D eigenvalue weighted by molar-refractivity contribution is -0.156. The Morgan fingerprint density at radius 2 is 1.95 bits per heavy atom. The molecule has 1 rings (SSSR count). The molecule has 0 aliphatic carbocycles. The Morgan fingerprint density at radius 3 is 2.40 bits per heavy atom. The van der Waals surface area contributed by atoms with E-state index in [9.17, 15) is 19.1 Å². The van der Waals surface area contributed by atoms with E-state index in [2.05, 4.69) is 25.4 Å². The molecule has 1 N–H and O–H groups in total. The molecule has 20 heavy (non-hydrogen) atoms. The van der Waals surface area contributed by atoms with Crippen molar-refractivity contribution in [2.45, 2.75) is 17.6 Å². The molecule has 2 atom stereocenters. The molecule has 0 amide bonds. The van der Waals surface area contributed by atoms with E-state index in [0.29, 0.717) is 0 Å². The van der Waals surface area contributed by atoms with Crippen LogP contribution in [0.25, 0.3) is 0 Å². The maximum absolute atomic E-state index is 14.2. The summed E-state index contributed by atoms with van der Waals surface area (Å²) in [5.74, 6) is -1.77. The van der Waals surface area contributed by atoms with Crippen LogP contribution in [0.5, 0.6) is 0 Å². The van der Waals surface area contributed by atoms with E-state index in [1.54, 1.807) is 0 Å². The minimum atomic E-state index is -2.75. The highest BCUT2D eigenvalue weighted by atomic mass is 79.9. The molecular formula is C13H14BrFO5. The topological polar surface area (TPSA) is 72.8 Å². The minimum Gasteiger partial charge on any atom is -0.465 e. The first-order valence-electron chi connectivity index (χ1n) is 5.76. The van der Waals surface area contributed by atoms with Crippen molar-refractivity contribution in [3.05, 3.63) is 35.4 Å². The fourth-order valence-electron chi connectivity index (χ4n) is 1.47. The second kappa shape index (κ2) is 6.81. The van der Waals surface area contributed by atoms with Crippen LogP contribution in [-0.2, 0) is 14.3 Å². The number of hydrogen-bond donors (Lipinski definition) is 1. The summed E-state index contributed by atoms with van der Waals surface area (Å²) in [6.45, 7) is 1.52. The summed E-state index contributed by atoms with van der Waals surface area (Å²) in [4.78, 5) is 22.7. The van der Waals surface area contributed by atoms with E-state index in [4.69, 9.17) is 0 Å². The highest BCUT2D eigenvalue weighted by molar-refractivity contribution is 9.10. The molecule has 0 saturated heterocycles. The summed E-state index contributed by atoms with van der Waals surface area (Å²) in [6.07, 6.45) is -1.77. The summed E-state index contributed by atoms with van der Waals surface area (Å²) >= 11 is 2.53. The lowest BCUT2D eigenvalue weighted by atomic mass is 10.0. The highest BCUT2D eigenvalue weighted by Crippen LogP contribution is 2.36. The second-order valence-corrected chi connectivity index (χ2v) is 5.01. The number of alkyl halides is 2. The number of esters is 2. The normalized spacial score (nSPS) is 15.1. The van der Waals surface area contributed by atoms with Crippen molar-refractivity contribution in [3.63, 3.8) is 0 Å². The van der Waals surface area contributed by atoms with E-state index in [0.717, 1.165) is 0 Å². The molecule has 1 aromatic carbocycles. The van der Waals surface area contributed by atoms with Gasteiger partial charge in [-0.2, -0.15) is 0 Å². The van der Waals surface area contributed by atoms with Crippen LogP contribution in [0.1, 0.15) is 28.9 Å². The Bertz CT molecular complexity index is 486. The maximum atomic E-state index is 14.2. The second-order valence-electron chi connectivity index (χ2n) is 3.86. The van der Waals surface area contributed by atoms with E-state index in [1.165, 1.54) is 38.3 Å². The maximum Gasteiger partial charge on any atom is 0.358 e. The number of aliphatic hydroxyl groups excluding tert-OH is 1. The average molecular weight is 349 g/mol. The van der Waals surface area contributed by atoms with E-state index in [-0.39, 0.29) is 17.7 Å². The number of carbonyl (C=O) groups is 2. The third kappa shape index (κ3) is 3.55. The van der Waals surface area contributed by atoms with E-state index >= 15 is 0 Å². The minimum absolute atomic E-state index is 0.00982. The summed E-state index contributed by atoms with van der Waals surface area (Å²) in [5, 5.41) is 9.89. The highest BCUT2D eigenvalue weighted by Gasteiger charge is 2.45. The third-order valence-corrected chi connectivity index (χ3v) is 3.30. The van der Waals surface area contributed by atoms with Gasteiger partial charge in [0.05, 0.1) is 19.3 Å². The van der Waals surface area contributed by atoms with Gasteiger partial charge in [-0.1, -0.05) is 12.1 Å². The van der Waals surface area contributed by atoms with Crippen LogP contribution in [0, 0.1) is 0 Å². The predicted molar refractivity (Wildman–Crippen MR) is 72.1 cm³/mol. The third-order valence-electron chi connectivity index (χ3n) is 2.54. The first-order chi connectivity index (χ1) is 9.34. The SMILES string of the molecule is CCOC(=O)[C@@](F)(Br)[C@H](O)c1ccc(C(=O)OC)cc1. The Hall–Kier alpha value is -1.47. The van der Waals surface area contributed by atoms with Gasteiger partial charge >= 0.3 is 11.9 Å². The summed E-state index contributed by atoms with van der Waals surface area (Å²) in [7, 11) is 1.23. The van der Waals surface area contributed by atoms with Crippen molar-refractivity contribution in [2.75, 3.05) is 13.7 Å². The van der Waals surface area contributed by atoms with Gasteiger partial charge in [0.25, 0.3) is 4.58 Å². The fourth-order valence-corrected chi connectivity index (χ4v) is 1.85. The van der Waals surface area contributed by atoms with Gasteiger partial charge in [0.2, 0.25) is 0 Å². The number of methoxy groups -OCH3 is 1. The molecule has 7 heteroatoms. The number of aliphatic hydroxyl groups is 1. The van der Waals surface area contributed by atoms with Crippen molar-refractivity contribution >= 4 is 27.9 Å². The molecule has 0 spiro atoms. The lowest BCUT2D eigenvalue weighted by Crippen LogP contribution is -2.35. The molecular weight excluding hydrogens is 335 g/mol. The van der Waals surface area contributed by atoms with Crippen LogP contribution in [0.2, 0.25) is 0 Å². The fraction of sp³-hybridized carbons (Fsp3) is 0.385. The van der Waals surface area contributed by atoms with Crippen LogP contribution in [0.3, 0.4) is 0 Å². The summed E-state index contributed by atoms with van der Waals surface area (Å²) < 4.78 is 20.5. The Balaban J connectivity index is 2.94. The molecule has 0 bridgehead atoms. The van der Waals surface area contributed by atoms with Gasteiger partial charge in [0.15, 0.2) is 0 Å². The smallest absolute Gasteiger partial charge is 0.358 e. The summed E-state index contributed by atoms with van der Waals surface area (Å²) in [6, 6.07) is 5.37. The van der Waals surface area contributed by atoms with Crippen LogP contribution < -0.4 is 0 Å². The zero-order chi connectivity index (χ0) is 15.3. The quantitative estimate of drug-likeness (QED) is 0.651. The monoisotopic (exact) mass is 348 g/mol. The van der Waals surface area contributed by atoms with Gasteiger partial charge in [-0.3, -0.25) is 0 Å². The van der Waals surface area contributed by atoms with Gasteiger partial charge in [-0.15, -0.1) is 0 Å². The molecule has 0 unspecified atom stereocenters. The Morgan fingerprint density at radius 1 is 1.40 bits per heavy atom. The van der Waals surface area contributed by atoms with Gasteiger partial charge in [0.1, 0.15) is 6.10 Å². The van der Waals surface area contributed by atoms with Crippen LogP contribution in [0.4, 0.5) is 4.39 Å². The number of hydrogen-bond acceptors (Lipinski definition) is 5. The van der Waals surface area contributed by atoms with Gasteiger partial charge in [0, 0.05) is 0 Å².